The van der Waals surface area contributed by atoms with Crippen molar-refractivity contribution < 1.29 is 14.0 Å². The van der Waals surface area contributed by atoms with Crippen molar-refractivity contribution in [2.75, 3.05) is 19.6 Å². The van der Waals surface area contributed by atoms with Gasteiger partial charge >= 0.3 is 0 Å². The van der Waals surface area contributed by atoms with Gasteiger partial charge in [-0.3, -0.25) is 9.59 Å². The van der Waals surface area contributed by atoms with Crippen molar-refractivity contribution >= 4 is 11.8 Å². The van der Waals surface area contributed by atoms with E-state index in [4.69, 9.17) is 10.8 Å². The van der Waals surface area contributed by atoms with Gasteiger partial charge in [-0.05, 0) is 44.0 Å². The number of furan rings is 1. The minimum atomic E-state index is -0.239. The molecule has 0 N–H and O–H groups in total. The fourth-order valence-electron chi connectivity index (χ4n) is 3.41. The first-order valence-corrected chi connectivity index (χ1v) is 9.19. The number of rotatable bonds is 5. The molecule has 0 radical (unpaired) electrons. The van der Waals surface area contributed by atoms with Crippen molar-refractivity contribution in [3.8, 4) is 12.3 Å². The fraction of sp³-hybridized carbons (Fsp3) is 0.364. The van der Waals surface area contributed by atoms with E-state index in [2.05, 4.69) is 5.92 Å². The van der Waals surface area contributed by atoms with Gasteiger partial charge in [0.15, 0.2) is 0 Å². The Bertz CT molecular complexity index is 818. The molecule has 1 aromatic carbocycles. The lowest BCUT2D eigenvalue weighted by Gasteiger charge is -2.34. The Morgan fingerprint density at radius 3 is 2.74 bits per heavy atom. The third-order valence-corrected chi connectivity index (χ3v) is 4.88. The Morgan fingerprint density at radius 1 is 1.30 bits per heavy atom. The molecule has 1 atom stereocenters. The van der Waals surface area contributed by atoms with Gasteiger partial charge in [0.2, 0.25) is 5.91 Å². The molecule has 140 valence electrons. The van der Waals surface area contributed by atoms with Crippen LogP contribution in [0.2, 0.25) is 0 Å². The van der Waals surface area contributed by atoms with Crippen LogP contribution in [0, 0.1) is 25.2 Å². The van der Waals surface area contributed by atoms with Crippen molar-refractivity contribution in [3.63, 3.8) is 0 Å². The highest BCUT2D eigenvalue weighted by atomic mass is 16.3. The van der Waals surface area contributed by atoms with Gasteiger partial charge in [-0.2, -0.15) is 0 Å². The average Bonchev–Trinajstić information content (AvgIpc) is 3.20. The van der Waals surface area contributed by atoms with Crippen LogP contribution in [0.3, 0.4) is 0 Å². The lowest BCUT2D eigenvalue weighted by atomic mass is 9.95. The number of nitrogens with zero attached hydrogens (tertiary/aromatic N) is 2. The van der Waals surface area contributed by atoms with Gasteiger partial charge in [0.25, 0.3) is 5.91 Å². The van der Waals surface area contributed by atoms with Gasteiger partial charge in [0.1, 0.15) is 5.76 Å². The molecular weight excluding hydrogens is 340 g/mol. The van der Waals surface area contributed by atoms with Gasteiger partial charge in [0, 0.05) is 18.7 Å². The number of carbonyl (C=O) groups excluding carboxylic acids is 2. The van der Waals surface area contributed by atoms with Crippen molar-refractivity contribution in [3.05, 3.63) is 59.5 Å². The molecule has 3 rings (SSSR count). The third kappa shape index (κ3) is 4.59. The number of hydrogen-bond donors (Lipinski definition) is 0. The van der Waals surface area contributed by atoms with Crippen LogP contribution in [0.25, 0.3) is 0 Å². The molecule has 0 spiro atoms. The normalized spacial score (nSPS) is 16.6. The smallest absolute Gasteiger partial charge is 0.253 e. The number of amides is 2. The van der Waals surface area contributed by atoms with E-state index < -0.39 is 0 Å². The molecule has 0 aliphatic carbocycles. The van der Waals surface area contributed by atoms with E-state index in [9.17, 15) is 9.59 Å². The number of carbonyl (C=O) groups is 2. The first kappa shape index (κ1) is 18.8. The van der Waals surface area contributed by atoms with E-state index in [-0.39, 0.29) is 24.3 Å². The van der Waals surface area contributed by atoms with E-state index >= 15 is 0 Å². The number of benzene rings is 1. The summed E-state index contributed by atoms with van der Waals surface area (Å²) in [6.45, 7) is 3.65. The van der Waals surface area contributed by atoms with E-state index in [1.807, 2.05) is 37.3 Å². The highest BCUT2D eigenvalue weighted by molar-refractivity contribution is 5.94. The summed E-state index contributed by atoms with van der Waals surface area (Å²) in [6, 6.07) is 11.1. The first-order chi connectivity index (χ1) is 13.1. The molecule has 0 bridgehead atoms. The maximum absolute atomic E-state index is 13.0. The average molecular weight is 364 g/mol. The molecule has 2 aromatic rings. The molecule has 1 aliphatic heterocycles. The van der Waals surface area contributed by atoms with Crippen molar-refractivity contribution in [1.82, 2.24) is 9.80 Å². The Balaban J connectivity index is 1.68. The summed E-state index contributed by atoms with van der Waals surface area (Å²) in [4.78, 5) is 29.2. The third-order valence-electron chi connectivity index (χ3n) is 4.88. The minimum absolute atomic E-state index is 0.0224. The molecule has 1 fully saturated rings. The molecule has 1 aliphatic rings. The second-order valence-corrected chi connectivity index (χ2v) is 6.93. The number of likely N-dealkylation sites (tertiary alicyclic amines) is 1. The molecule has 2 amide bonds. The summed E-state index contributed by atoms with van der Waals surface area (Å²) in [5.74, 6) is 2.96. The van der Waals surface area contributed by atoms with Crippen molar-refractivity contribution in [2.24, 2.45) is 5.92 Å². The van der Waals surface area contributed by atoms with Gasteiger partial charge in [0.05, 0.1) is 25.3 Å². The highest BCUT2D eigenvalue weighted by Gasteiger charge is 2.31. The zero-order valence-electron chi connectivity index (χ0n) is 15.6. The molecule has 5 heteroatoms. The van der Waals surface area contributed by atoms with Crippen LogP contribution in [-0.4, -0.2) is 41.2 Å². The molecule has 27 heavy (non-hydrogen) atoms. The Labute approximate surface area is 159 Å². The van der Waals surface area contributed by atoms with Crippen LogP contribution in [-0.2, 0) is 11.3 Å². The summed E-state index contributed by atoms with van der Waals surface area (Å²) in [5.41, 5.74) is 1.77. The minimum Gasteiger partial charge on any atom is -0.467 e. The predicted molar refractivity (Wildman–Crippen MR) is 103 cm³/mol. The lowest BCUT2D eigenvalue weighted by Crippen LogP contribution is -2.46. The second-order valence-electron chi connectivity index (χ2n) is 6.93. The molecule has 1 saturated heterocycles. The van der Waals surface area contributed by atoms with Gasteiger partial charge in [-0.25, -0.2) is 0 Å². The molecule has 2 heterocycles. The maximum Gasteiger partial charge on any atom is 0.253 e. The van der Waals surface area contributed by atoms with Gasteiger partial charge < -0.3 is 14.2 Å². The molecule has 1 unspecified atom stereocenters. The molecule has 5 nitrogen and oxygen atoms in total. The largest absolute Gasteiger partial charge is 0.467 e. The van der Waals surface area contributed by atoms with Gasteiger partial charge in [-0.15, -0.1) is 6.42 Å². The van der Waals surface area contributed by atoms with E-state index in [1.54, 1.807) is 22.1 Å². The summed E-state index contributed by atoms with van der Waals surface area (Å²) in [5, 5.41) is 0. The number of piperidine rings is 1. The summed E-state index contributed by atoms with van der Waals surface area (Å²) < 4.78 is 5.35. The monoisotopic (exact) mass is 364 g/mol. The Morgan fingerprint density at radius 2 is 2.07 bits per heavy atom. The lowest BCUT2D eigenvalue weighted by molar-refractivity contribution is -0.137. The highest BCUT2D eigenvalue weighted by Crippen LogP contribution is 2.22. The predicted octanol–water partition coefficient (Wildman–Crippen LogP) is 3.10. The second kappa shape index (κ2) is 8.59. The van der Waals surface area contributed by atoms with Crippen LogP contribution >= 0.6 is 0 Å². The van der Waals surface area contributed by atoms with Crippen molar-refractivity contribution in [1.29, 1.82) is 0 Å². The summed E-state index contributed by atoms with van der Waals surface area (Å²) in [6.07, 6.45) is 8.59. The van der Waals surface area contributed by atoms with E-state index in [1.165, 1.54) is 0 Å². The Hall–Kier alpha value is -3.00. The van der Waals surface area contributed by atoms with Crippen molar-refractivity contribution in [2.45, 2.75) is 26.3 Å². The number of aryl methyl sites for hydroxylation is 1. The Kier molecular flexibility index (Phi) is 5.97. The zero-order valence-corrected chi connectivity index (χ0v) is 15.6. The van der Waals surface area contributed by atoms with Gasteiger partial charge in [-0.1, -0.05) is 23.6 Å². The maximum atomic E-state index is 13.0. The zero-order chi connectivity index (χ0) is 19.2. The van der Waals surface area contributed by atoms with Crippen LogP contribution in [0.15, 0.2) is 47.1 Å². The number of hydrogen-bond acceptors (Lipinski definition) is 3. The standard InChI is InChI=1S/C22H24N2O3/c1-3-12-23(16-20-7-5-14-27-20)22(26)19-6-4-13-24(15-19)21(25)18-10-8-17(2)9-11-18/h1,5,7-11,14,19H,4,6,12-13,15-16H2,2H3. The van der Waals surface area contributed by atoms with E-state index in [0.717, 1.165) is 18.4 Å². The molecular formula is C22H24N2O3. The van der Waals surface area contributed by atoms with Crippen LogP contribution in [0.1, 0.15) is 34.5 Å². The van der Waals surface area contributed by atoms with Crippen LogP contribution in [0.5, 0.6) is 0 Å². The number of terminal acetylenes is 1. The van der Waals surface area contributed by atoms with E-state index in [0.29, 0.717) is 31.0 Å². The summed E-state index contributed by atoms with van der Waals surface area (Å²) in [7, 11) is 0. The topological polar surface area (TPSA) is 53.8 Å². The quantitative estimate of drug-likeness (QED) is 0.766. The summed E-state index contributed by atoms with van der Waals surface area (Å²) >= 11 is 0. The van der Waals surface area contributed by atoms with Crippen LogP contribution in [0.4, 0.5) is 0 Å². The first-order valence-electron chi connectivity index (χ1n) is 9.19. The van der Waals surface area contributed by atoms with Crippen LogP contribution < -0.4 is 0 Å². The SMILES string of the molecule is C#CCN(Cc1ccco1)C(=O)C1CCCN(C(=O)c2ccc(C)cc2)C1. The molecule has 1 aromatic heterocycles. The molecule has 0 saturated carbocycles. The fourth-order valence-corrected chi connectivity index (χ4v) is 3.41.